The zero-order valence-electron chi connectivity index (χ0n) is 11.2. The third-order valence-corrected chi connectivity index (χ3v) is 3.83. The summed E-state index contributed by atoms with van der Waals surface area (Å²) < 4.78 is 0. The van der Waals surface area contributed by atoms with Gasteiger partial charge in [0, 0.05) is 5.39 Å². The first-order valence-corrected chi connectivity index (χ1v) is 6.77. The summed E-state index contributed by atoms with van der Waals surface area (Å²) in [4.78, 5) is 23.7. The molecule has 0 aliphatic heterocycles. The number of hydrogen-bond acceptors (Lipinski definition) is 3. The van der Waals surface area contributed by atoms with Gasteiger partial charge in [0.15, 0.2) is 0 Å². The molecule has 0 saturated carbocycles. The van der Waals surface area contributed by atoms with E-state index in [1.54, 1.807) is 12.3 Å². The van der Waals surface area contributed by atoms with Crippen molar-refractivity contribution < 1.29 is 14.7 Å². The van der Waals surface area contributed by atoms with E-state index in [4.69, 9.17) is 0 Å². The monoisotopic (exact) mass is 285 g/mol. The number of H-pyrrole nitrogens is 1. The maximum Gasteiger partial charge on any atom is 0.307 e. The Morgan fingerprint density at radius 3 is 2.76 bits per heavy atom. The number of aromatic nitrogens is 2. The van der Waals surface area contributed by atoms with Crippen LogP contribution in [0.5, 0.6) is 0 Å². The average Bonchev–Trinajstić information content (AvgIpc) is 2.96. The molecule has 3 N–H and O–H groups in total. The molecule has 1 aromatic carbocycles. The number of rotatable bonds is 3. The molecule has 2 atom stereocenters. The Morgan fingerprint density at radius 1 is 1.24 bits per heavy atom. The summed E-state index contributed by atoms with van der Waals surface area (Å²) in [6.07, 6.45) is 6.16. The van der Waals surface area contributed by atoms with E-state index in [1.807, 2.05) is 24.3 Å². The van der Waals surface area contributed by atoms with Crippen LogP contribution in [0.4, 0.5) is 5.69 Å². The number of nitrogens with one attached hydrogen (secondary N) is 2. The number of benzene rings is 1. The highest BCUT2D eigenvalue weighted by Crippen LogP contribution is 2.28. The summed E-state index contributed by atoms with van der Waals surface area (Å²) >= 11 is 0. The third-order valence-electron chi connectivity index (χ3n) is 3.83. The Labute approximate surface area is 120 Å². The Bertz CT molecular complexity index is 720. The first-order chi connectivity index (χ1) is 10.2. The fraction of sp³-hybridized carbons (Fsp3) is 0.267. The summed E-state index contributed by atoms with van der Waals surface area (Å²) in [5, 5.41) is 19.6. The van der Waals surface area contributed by atoms with E-state index < -0.39 is 17.8 Å². The summed E-state index contributed by atoms with van der Waals surface area (Å²) in [6, 6.07) is 5.46. The van der Waals surface area contributed by atoms with E-state index in [-0.39, 0.29) is 5.91 Å². The molecule has 2 aromatic rings. The van der Waals surface area contributed by atoms with Gasteiger partial charge in [-0.05, 0) is 25.0 Å². The average molecular weight is 285 g/mol. The van der Waals surface area contributed by atoms with Gasteiger partial charge in [0.2, 0.25) is 5.91 Å². The van der Waals surface area contributed by atoms with Crippen molar-refractivity contribution in [2.75, 3.05) is 5.32 Å². The number of fused-ring (bicyclic) bond motifs is 1. The number of allylic oxidation sites excluding steroid dienone is 2. The molecule has 6 heteroatoms. The van der Waals surface area contributed by atoms with Crippen LogP contribution in [0.25, 0.3) is 10.9 Å². The molecule has 6 nitrogen and oxygen atoms in total. The van der Waals surface area contributed by atoms with Gasteiger partial charge in [-0.15, -0.1) is 0 Å². The molecule has 0 spiro atoms. The van der Waals surface area contributed by atoms with E-state index >= 15 is 0 Å². The number of anilines is 1. The minimum Gasteiger partial charge on any atom is -0.481 e. The highest BCUT2D eigenvalue weighted by molar-refractivity contribution is 6.02. The minimum absolute atomic E-state index is 0.263. The van der Waals surface area contributed by atoms with Crippen LogP contribution in [0, 0.1) is 11.8 Å². The molecule has 1 heterocycles. The lowest BCUT2D eigenvalue weighted by Gasteiger charge is -2.24. The van der Waals surface area contributed by atoms with Crippen LogP contribution in [0.3, 0.4) is 0 Å². The van der Waals surface area contributed by atoms with Gasteiger partial charge in [0.1, 0.15) is 0 Å². The Morgan fingerprint density at radius 2 is 2.00 bits per heavy atom. The molecule has 3 rings (SSSR count). The highest BCUT2D eigenvalue weighted by Gasteiger charge is 2.34. The molecule has 1 aromatic heterocycles. The van der Waals surface area contributed by atoms with E-state index in [0.29, 0.717) is 18.5 Å². The number of aliphatic carboxylic acids is 1. The standard InChI is InChI=1S/C15H15N3O3/c19-14(9-4-1-2-5-10(9)15(20)21)17-12-6-3-7-13-11(12)8-16-18-13/h1-3,6-10H,4-5H2,(H,16,18)(H,17,19)(H,20,21). The number of amides is 1. The molecule has 1 aliphatic rings. The predicted octanol–water partition coefficient (Wildman–Crippen LogP) is 2.17. The number of carbonyl (C=O) groups is 2. The normalized spacial score (nSPS) is 21.3. The lowest BCUT2D eigenvalue weighted by molar-refractivity contribution is -0.146. The first kappa shape index (κ1) is 13.4. The second-order valence-electron chi connectivity index (χ2n) is 5.12. The van der Waals surface area contributed by atoms with Crippen LogP contribution in [0.1, 0.15) is 12.8 Å². The van der Waals surface area contributed by atoms with Crippen molar-refractivity contribution in [3.63, 3.8) is 0 Å². The molecular formula is C15H15N3O3. The summed E-state index contributed by atoms with van der Waals surface area (Å²) in [5.74, 6) is -2.41. The van der Waals surface area contributed by atoms with E-state index in [0.717, 1.165) is 10.9 Å². The van der Waals surface area contributed by atoms with Gasteiger partial charge >= 0.3 is 5.97 Å². The van der Waals surface area contributed by atoms with Gasteiger partial charge in [-0.2, -0.15) is 5.10 Å². The second-order valence-corrected chi connectivity index (χ2v) is 5.12. The van der Waals surface area contributed by atoms with Gasteiger partial charge < -0.3 is 10.4 Å². The number of hydrogen-bond donors (Lipinski definition) is 3. The summed E-state index contributed by atoms with van der Waals surface area (Å²) in [5.41, 5.74) is 1.47. The van der Waals surface area contributed by atoms with Crippen molar-refractivity contribution >= 4 is 28.5 Å². The van der Waals surface area contributed by atoms with Crippen molar-refractivity contribution in [3.05, 3.63) is 36.5 Å². The van der Waals surface area contributed by atoms with Crippen LogP contribution in [-0.2, 0) is 9.59 Å². The molecule has 0 fully saturated rings. The number of carbonyl (C=O) groups excluding carboxylic acids is 1. The van der Waals surface area contributed by atoms with Crippen LogP contribution in [0.2, 0.25) is 0 Å². The van der Waals surface area contributed by atoms with Crippen molar-refractivity contribution in [2.24, 2.45) is 11.8 Å². The Balaban J connectivity index is 1.84. The number of carboxylic acids is 1. The summed E-state index contributed by atoms with van der Waals surface area (Å²) in [7, 11) is 0. The van der Waals surface area contributed by atoms with Crippen molar-refractivity contribution in [1.82, 2.24) is 10.2 Å². The predicted molar refractivity (Wildman–Crippen MR) is 77.7 cm³/mol. The van der Waals surface area contributed by atoms with Gasteiger partial charge in [-0.25, -0.2) is 0 Å². The third kappa shape index (κ3) is 2.52. The Hall–Kier alpha value is -2.63. The summed E-state index contributed by atoms with van der Waals surface area (Å²) in [6.45, 7) is 0. The SMILES string of the molecule is O=C(O)C1CC=CCC1C(=O)Nc1cccc2[nH]ncc12. The fourth-order valence-corrected chi connectivity index (χ4v) is 2.68. The topological polar surface area (TPSA) is 95.1 Å². The molecule has 1 aliphatic carbocycles. The number of carboxylic acid groups (broad SMARTS) is 1. The van der Waals surface area contributed by atoms with E-state index in [1.165, 1.54) is 0 Å². The maximum absolute atomic E-state index is 12.4. The Kier molecular flexibility index (Phi) is 3.43. The molecule has 0 saturated heterocycles. The van der Waals surface area contributed by atoms with Gasteiger partial charge in [0.25, 0.3) is 0 Å². The molecule has 0 bridgehead atoms. The van der Waals surface area contributed by atoms with E-state index in [9.17, 15) is 14.7 Å². The van der Waals surface area contributed by atoms with Crippen molar-refractivity contribution in [3.8, 4) is 0 Å². The van der Waals surface area contributed by atoms with Gasteiger partial charge in [-0.3, -0.25) is 14.7 Å². The largest absolute Gasteiger partial charge is 0.481 e. The quantitative estimate of drug-likeness (QED) is 0.753. The zero-order valence-corrected chi connectivity index (χ0v) is 11.2. The van der Waals surface area contributed by atoms with Crippen LogP contribution < -0.4 is 5.32 Å². The fourth-order valence-electron chi connectivity index (χ4n) is 2.68. The molecule has 108 valence electrons. The minimum atomic E-state index is -0.930. The van der Waals surface area contributed by atoms with Crippen molar-refractivity contribution in [1.29, 1.82) is 0 Å². The van der Waals surface area contributed by atoms with Gasteiger partial charge in [0.05, 0.1) is 29.2 Å². The van der Waals surface area contributed by atoms with Crippen LogP contribution in [-0.4, -0.2) is 27.2 Å². The smallest absolute Gasteiger partial charge is 0.307 e. The molecule has 2 unspecified atom stereocenters. The number of nitrogens with zero attached hydrogens (tertiary/aromatic N) is 1. The number of aromatic amines is 1. The first-order valence-electron chi connectivity index (χ1n) is 6.77. The molecule has 0 radical (unpaired) electrons. The maximum atomic E-state index is 12.4. The van der Waals surface area contributed by atoms with Crippen LogP contribution in [0.15, 0.2) is 36.5 Å². The van der Waals surface area contributed by atoms with Gasteiger partial charge in [-0.1, -0.05) is 18.2 Å². The highest BCUT2D eigenvalue weighted by atomic mass is 16.4. The lowest BCUT2D eigenvalue weighted by Crippen LogP contribution is -2.34. The lowest BCUT2D eigenvalue weighted by atomic mass is 9.82. The zero-order chi connectivity index (χ0) is 14.8. The van der Waals surface area contributed by atoms with E-state index in [2.05, 4.69) is 15.5 Å². The second kappa shape index (κ2) is 5.40. The molecular weight excluding hydrogens is 270 g/mol. The molecule has 21 heavy (non-hydrogen) atoms. The van der Waals surface area contributed by atoms with Crippen LogP contribution >= 0.6 is 0 Å². The molecule has 1 amide bonds. The van der Waals surface area contributed by atoms with Crippen molar-refractivity contribution in [2.45, 2.75) is 12.8 Å².